The third-order valence-corrected chi connectivity index (χ3v) is 1.99. The van der Waals surface area contributed by atoms with E-state index in [0.717, 1.165) is 17.9 Å². The average Bonchev–Trinajstić information content (AvgIpc) is 2.27. The molecule has 1 unspecified atom stereocenters. The van der Waals surface area contributed by atoms with Gasteiger partial charge in [-0.15, -0.1) is 0 Å². The van der Waals surface area contributed by atoms with Crippen LogP contribution in [0, 0.1) is 0 Å². The number of aliphatic hydroxyl groups is 1. The molecule has 0 saturated heterocycles. The maximum absolute atomic E-state index is 9.61. The van der Waals surface area contributed by atoms with Crippen molar-refractivity contribution in [1.82, 2.24) is 5.32 Å². The first-order chi connectivity index (χ1) is 7.68. The van der Waals surface area contributed by atoms with E-state index in [2.05, 4.69) is 11.9 Å². The number of hydrogen-bond donors (Lipinski definition) is 2. The van der Waals surface area contributed by atoms with Gasteiger partial charge < -0.3 is 15.2 Å². The van der Waals surface area contributed by atoms with E-state index in [4.69, 9.17) is 4.74 Å². The molecule has 1 atom stereocenters. The minimum Gasteiger partial charge on any atom is -0.491 e. The molecule has 0 heterocycles. The molecule has 16 heavy (non-hydrogen) atoms. The number of nitrogens with one attached hydrogen (secondary N) is 1. The van der Waals surface area contributed by atoms with E-state index in [9.17, 15) is 5.11 Å². The third kappa shape index (κ3) is 5.53. The van der Waals surface area contributed by atoms with Gasteiger partial charge in [0.2, 0.25) is 0 Å². The lowest BCUT2D eigenvalue weighted by atomic mass is 10.3. The molecular weight excluding hydrogens is 202 g/mol. The lowest BCUT2D eigenvalue weighted by Crippen LogP contribution is -2.32. The Labute approximate surface area is 96.8 Å². The zero-order chi connectivity index (χ0) is 11.8. The number of benzene rings is 1. The molecule has 0 aromatic heterocycles. The Bertz CT molecular complexity index is 311. The number of ether oxygens (including phenoxy) is 1. The highest BCUT2D eigenvalue weighted by molar-refractivity contribution is 5.20. The molecule has 3 nitrogen and oxygen atoms in total. The Kier molecular flexibility index (Phi) is 5.61. The van der Waals surface area contributed by atoms with Crippen molar-refractivity contribution in [3.63, 3.8) is 0 Å². The fourth-order valence-electron chi connectivity index (χ4n) is 1.22. The van der Waals surface area contributed by atoms with E-state index in [1.54, 1.807) is 0 Å². The zero-order valence-corrected chi connectivity index (χ0v) is 9.65. The first-order valence-electron chi connectivity index (χ1n) is 5.39. The van der Waals surface area contributed by atoms with Crippen LogP contribution < -0.4 is 10.1 Å². The summed E-state index contributed by atoms with van der Waals surface area (Å²) >= 11 is 0. The molecule has 0 saturated carbocycles. The van der Waals surface area contributed by atoms with Gasteiger partial charge in [-0.1, -0.05) is 30.4 Å². The Morgan fingerprint density at radius 2 is 2.12 bits per heavy atom. The van der Waals surface area contributed by atoms with E-state index in [1.165, 1.54) is 0 Å². The van der Waals surface area contributed by atoms with Crippen LogP contribution in [-0.2, 0) is 0 Å². The fraction of sp³-hybridized carbons (Fsp3) is 0.385. The van der Waals surface area contributed by atoms with Crippen LogP contribution in [0.3, 0.4) is 0 Å². The van der Waals surface area contributed by atoms with Crippen LogP contribution in [0.4, 0.5) is 0 Å². The lowest BCUT2D eigenvalue weighted by molar-refractivity contribution is 0.107. The van der Waals surface area contributed by atoms with Crippen LogP contribution in [0.5, 0.6) is 5.75 Å². The molecule has 3 heteroatoms. The lowest BCUT2D eigenvalue weighted by Gasteiger charge is -2.13. The molecular formula is C13H19NO2. The normalized spacial score (nSPS) is 12.1. The molecule has 1 rings (SSSR count). The summed E-state index contributed by atoms with van der Waals surface area (Å²) in [6.07, 6.45) is -0.500. The van der Waals surface area contributed by atoms with Gasteiger partial charge in [0.15, 0.2) is 0 Å². The number of rotatable bonds is 7. The van der Waals surface area contributed by atoms with Crippen molar-refractivity contribution < 1.29 is 9.84 Å². The number of aliphatic hydroxyl groups excluding tert-OH is 1. The summed E-state index contributed by atoms with van der Waals surface area (Å²) in [5, 5.41) is 12.7. The smallest absolute Gasteiger partial charge is 0.119 e. The highest BCUT2D eigenvalue weighted by atomic mass is 16.5. The number of hydrogen-bond acceptors (Lipinski definition) is 3. The first-order valence-corrected chi connectivity index (χ1v) is 5.39. The van der Waals surface area contributed by atoms with Crippen molar-refractivity contribution in [3.05, 3.63) is 42.5 Å². The van der Waals surface area contributed by atoms with Crippen LogP contribution in [-0.4, -0.2) is 30.9 Å². The maximum Gasteiger partial charge on any atom is 0.119 e. The fourth-order valence-corrected chi connectivity index (χ4v) is 1.22. The average molecular weight is 221 g/mol. The van der Waals surface area contributed by atoms with Gasteiger partial charge in [-0.3, -0.25) is 0 Å². The summed E-state index contributed by atoms with van der Waals surface area (Å²) in [6, 6.07) is 9.47. The van der Waals surface area contributed by atoms with Crippen molar-refractivity contribution in [2.75, 3.05) is 19.7 Å². The topological polar surface area (TPSA) is 41.5 Å². The maximum atomic E-state index is 9.61. The summed E-state index contributed by atoms with van der Waals surface area (Å²) < 4.78 is 5.41. The standard InChI is InChI=1S/C13H19NO2/c1-11(2)8-14-9-12(15)10-16-13-6-4-3-5-7-13/h3-7,12,14-15H,1,8-10H2,2H3. The van der Waals surface area contributed by atoms with Gasteiger partial charge in [0, 0.05) is 13.1 Å². The molecule has 0 fully saturated rings. The summed E-state index contributed by atoms with van der Waals surface area (Å²) in [5.41, 5.74) is 1.05. The molecule has 0 aliphatic heterocycles. The van der Waals surface area contributed by atoms with Gasteiger partial charge in [0.1, 0.15) is 18.5 Å². The third-order valence-electron chi connectivity index (χ3n) is 1.99. The molecule has 0 aliphatic rings. The van der Waals surface area contributed by atoms with Gasteiger partial charge in [0.05, 0.1) is 0 Å². The van der Waals surface area contributed by atoms with E-state index >= 15 is 0 Å². The predicted octanol–water partition coefficient (Wildman–Crippen LogP) is 1.59. The SMILES string of the molecule is C=C(C)CNCC(O)COc1ccccc1. The molecule has 0 aliphatic carbocycles. The van der Waals surface area contributed by atoms with Crippen molar-refractivity contribution in [2.24, 2.45) is 0 Å². The second-order valence-corrected chi connectivity index (χ2v) is 3.87. The Morgan fingerprint density at radius 1 is 1.44 bits per heavy atom. The summed E-state index contributed by atoms with van der Waals surface area (Å²) in [5.74, 6) is 0.779. The largest absolute Gasteiger partial charge is 0.491 e. The molecule has 0 bridgehead atoms. The molecule has 88 valence electrons. The van der Waals surface area contributed by atoms with E-state index < -0.39 is 6.10 Å². The zero-order valence-electron chi connectivity index (χ0n) is 9.65. The Morgan fingerprint density at radius 3 is 2.75 bits per heavy atom. The highest BCUT2D eigenvalue weighted by Gasteiger charge is 2.04. The first kappa shape index (κ1) is 12.7. The molecule has 0 radical (unpaired) electrons. The van der Waals surface area contributed by atoms with Crippen LogP contribution in [0.25, 0.3) is 0 Å². The van der Waals surface area contributed by atoms with Crippen molar-refractivity contribution in [3.8, 4) is 5.75 Å². The van der Waals surface area contributed by atoms with Crippen LogP contribution in [0.2, 0.25) is 0 Å². The quantitative estimate of drug-likeness (QED) is 0.687. The van der Waals surface area contributed by atoms with Crippen molar-refractivity contribution in [2.45, 2.75) is 13.0 Å². The molecule has 0 amide bonds. The predicted molar refractivity (Wildman–Crippen MR) is 65.6 cm³/mol. The monoisotopic (exact) mass is 221 g/mol. The van der Waals surface area contributed by atoms with E-state index in [-0.39, 0.29) is 0 Å². The Hall–Kier alpha value is -1.32. The second kappa shape index (κ2) is 7.04. The van der Waals surface area contributed by atoms with Crippen molar-refractivity contribution in [1.29, 1.82) is 0 Å². The van der Waals surface area contributed by atoms with Gasteiger partial charge in [0.25, 0.3) is 0 Å². The number of para-hydroxylation sites is 1. The van der Waals surface area contributed by atoms with E-state index in [0.29, 0.717) is 13.2 Å². The molecule has 1 aromatic carbocycles. The van der Waals surface area contributed by atoms with Gasteiger partial charge in [-0.05, 0) is 19.1 Å². The highest BCUT2D eigenvalue weighted by Crippen LogP contribution is 2.08. The second-order valence-electron chi connectivity index (χ2n) is 3.87. The van der Waals surface area contributed by atoms with Crippen LogP contribution in [0.15, 0.2) is 42.5 Å². The van der Waals surface area contributed by atoms with Crippen LogP contribution in [0.1, 0.15) is 6.92 Å². The van der Waals surface area contributed by atoms with Gasteiger partial charge in [-0.2, -0.15) is 0 Å². The summed E-state index contributed by atoms with van der Waals surface area (Å²) in [6.45, 7) is 7.25. The van der Waals surface area contributed by atoms with Gasteiger partial charge >= 0.3 is 0 Å². The van der Waals surface area contributed by atoms with Crippen molar-refractivity contribution >= 4 is 0 Å². The molecule has 2 N–H and O–H groups in total. The minimum atomic E-state index is -0.500. The summed E-state index contributed by atoms with van der Waals surface area (Å²) in [4.78, 5) is 0. The minimum absolute atomic E-state index is 0.299. The van der Waals surface area contributed by atoms with Gasteiger partial charge in [-0.25, -0.2) is 0 Å². The summed E-state index contributed by atoms with van der Waals surface area (Å²) in [7, 11) is 0. The van der Waals surface area contributed by atoms with E-state index in [1.807, 2.05) is 37.3 Å². The van der Waals surface area contributed by atoms with Crippen LogP contribution >= 0.6 is 0 Å². The molecule has 1 aromatic rings. The Balaban J connectivity index is 2.15. The molecule has 0 spiro atoms.